The molecule has 0 radical (unpaired) electrons. The van der Waals surface area contributed by atoms with Gasteiger partial charge in [0.15, 0.2) is 0 Å². The van der Waals surface area contributed by atoms with Gasteiger partial charge in [0.1, 0.15) is 5.75 Å². The van der Waals surface area contributed by atoms with E-state index in [0.717, 1.165) is 16.9 Å². The van der Waals surface area contributed by atoms with Crippen LogP contribution in [0.15, 0.2) is 30.3 Å². The first-order valence-corrected chi connectivity index (χ1v) is 6.99. The Morgan fingerprint density at radius 2 is 2.14 bits per heavy atom. The lowest BCUT2D eigenvalue weighted by molar-refractivity contribution is -0.385. The summed E-state index contributed by atoms with van der Waals surface area (Å²) in [6.45, 7) is 1.92. The molecule has 1 heterocycles. The first-order valence-electron chi connectivity index (χ1n) is 6.18. The quantitative estimate of drug-likeness (QED) is 0.680. The number of rotatable bonds is 5. The molecule has 1 amide bonds. The molecular formula is C14H14N2O4S. The van der Waals surface area contributed by atoms with E-state index < -0.39 is 4.92 Å². The third kappa shape index (κ3) is 3.38. The number of carbonyl (C=O) groups is 1. The summed E-state index contributed by atoms with van der Waals surface area (Å²) < 4.78 is 5.20. The van der Waals surface area contributed by atoms with Gasteiger partial charge in [-0.1, -0.05) is 18.2 Å². The smallest absolute Gasteiger partial charge is 0.283 e. The van der Waals surface area contributed by atoms with Crippen LogP contribution in [-0.4, -0.2) is 17.9 Å². The molecule has 2 aromatic rings. The Morgan fingerprint density at radius 1 is 1.43 bits per heavy atom. The summed E-state index contributed by atoms with van der Waals surface area (Å²) in [6.07, 6.45) is 0. The molecule has 2 rings (SSSR count). The second-order valence-electron chi connectivity index (χ2n) is 4.30. The molecule has 1 aromatic heterocycles. The monoisotopic (exact) mass is 306 g/mol. The van der Waals surface area contributed by atoms with E-state index in [2.05, 4.69) is 5.32 Å². The summed E-state index contributed by atoms with van der Waals surface area (Å²) in [5.41, 5.74) is 0.818. The highest BCUT2D eigenvalue weighted by molar-refractivity contribution is 7.14. The molecule has 0 atom stereocenters. The molecule has 0 saturated carbocycles. The van der Waals surface area contributed by atoms with Crippen molar-refractivity contribution in [2.24, 2.45) is 0 Å². The Kier molecular flexibility index (Phi) is 4.54. The van der Waals surface area contributed by atoms with Gasteiger partial charge in [-0.2, -0.15) is 0 Å². The maximum Gasteiger partial charge on any atom is 0.283 e. The Hall–Kier alpha value is -2.41. The van der Waals surface area contributed by atoms with Gasteiger partial charge in [-0.25, -0.2) is 0 Å². The minimum absolute atomic E-state index is 0.0255. The summed E-state index contributed by atoms with van der Waals surface area (Å²) in [7, 11) is 1.56. The number of benzene rings is 1. The van der Waals surface area contributed by atoms with E-state index in [9.17, 15) is 14.9 Å². The third-order valence-electron chi connectivity index (χ3n) is 2.94. The number of methoxy groups -OCH3 is 1. The Labute approximate surface area is 125 Å². The van der Waals surface area contributed by atoms with Gasteiger partial charge >= 0.3 is 0 Å². The van der Waals surface area contributed by atoms with Crippen molar-refractivity contribution in [1.29, 1.82) is 0 Å². The van der Waals surface area contributed by atoms with E-state index in [1.165, 1.54) is 6.07 Å². The van der Waals surface area contributed by atoms with E-state index in [1.807, 2.05) is 24.3 Å². The van der Waals surface area contributed by atoms with E-state index in [-0.39, 0.29) is 11.6 Å². The van der Waals surface area contributed by atoms with Crippen molar-refractivity contribution >= 4 is 22.9 Å². The number of aryl methyl sites for hydroxylation is 1. The molecule has 0 spiro atoms. The molecule has 1 N–H and O–H groups in total. The summed E-state index contributed by atoms with van der Waals surface area (Å²) in [4.78, 5) is 23.2. The fourth-order valence-electron chi connectivity index (χ4n) is 1.88. The zero-order valence-corrected chi connectivity index (χ0v) is 12.4. The van der Waals surface area contributed by atoms with Crippen molar-refractivity contribution in [2.75, 3.05) is 7.11 Å². The first-order chi connectivity index (χ1) is 10.0. The van der Waals surface area contributed by atoms with E-state index in [0.29, 0.717) is 22.0 Å². The van der Waals surface area contributed by atoms with Gasteiger partial charge in [-0.3, -0.25) is 14.9 Å². The number of thiophene rings is 1. The highest BCUT2D eigenvalue weighted by Gasteiger charge is 2.19. The number of nitrogens with one attached hydrogen (secondary N) is 1. The van der Waals surface area contributed by atoms with Gasteiger partial charge in [-0.15, -0.1) is 11.3 Å². The summed E-state index contributed by atoms with van der Waals surface area (Å²) in [5, 5.41) is 13.5. The third-order valence-corrected chi connectivity index (χ3v) is 3.98. The lowest BCUT2D eigenvalue weighted by atomic mass is 10.2. The number of nitro groups is 1. The highest BCUT2D eigenvalue weighted by Crippen LogP contribution is 2.28. The van der Waals surface area contributed by atoms with Crippen molar-refractivity contribution in [3.05, 3.63) is 55.8 Å². The molecule has 0 aliphatic heterocycles. The predicted octanol–water partition coefficient (Wildman–Crippen LogP) is 2.90. The van der Waals surface area contributed by atoms with E-state index >= 15 is 0 Å². The minimum atomic E-state index is -0.483. The number of hydrogen-bond acceptors (Lipinski definition) is 5. The Balaban J connectivity index is 2.08. The Bertz CT molecular complexity index is 681. The van der Waals surface area contributed by atoms with Crippen LogP contribution in [-0.2, 0) is 6.54 Å². The highest BCUT2D eigenvalue weighted by atomic mass is 32.1. The number of carbonyl (C=O) groups excluding carboxylic acids is 1. The molecule has 0 aliphatic rings. The fourth-order valence-corrected chi connectivity index (χ4v) is 2.78. The topological polar surface area (TPSA) is 81.5 Å². The number of para-hydroxylation sites is 1. The van der Waals surface area contributed by atoms with Crippen molar-refractivity contribution in [3.8, 4) is 5.75 Å². The molecule has 1 aromatic carbocycles. The zero-order chi connectivity index (χ0) is 15.4. The molecule has 0 unspecified atom stereocenters. The van der Waals surface area contributed by atoms with E-state index in [1.54, 1.807) is 14.0 Å². The number of hydrogen-bond donors (Lipinski definition) is 1. The average Bonchev–Trinajstić information content (AvgIpc) is 2.87. The van der Waals surface area contributed by atoms with Gasteiger partial charge in [0, 0.05) is 18.2 Å². The largest absolute Gasteiger partial charge is 0.496 e. The fraction of sp³-hybridized carbons (Fsp3) is 0.214. The van der Waals surface area contributed by atoms with Crippen LogP contribution in [0.5, 0.6) is 5.75 Å². The molecular weight excluding hydrogens is 292 g/mol. The van der Waals surface area contributed by atoms with Crippen molar-refractivity contribution in [2.45, 2.75) is 13.5 Å². The molecule has 0 bridgehead atoms. The van der Waals surface area contributed by atoms with Crippen LogP contribution in [0.25, 0.3) is 0 Å². The summed E-state index contributed by atoms with van der Waals surface area (Å²) in [6, 6.07) is 8.65. The van der Waals surface area contributed by atoms with Crippen LogP contribution in [0.1, 0.15) is 20.1 Å². The normalized spacial score (nSPS) is 10.2. The van der Waals surface area contributed by atoms with Gasteiger partial charge in [0.2, 0.25) is 0 Å². The van der Waals surface area contributed by atoms with Gasteiger partial charge in [0.05, 0.1) is 21.8 Å². The maximum atomic E-state index is 12.0. The lowest BCUT2D eigenvalue weighted by Crippen LogP contribution is -2.22. The molecule has 7 heteroatoms. The number of amides is 1. The molecule has 0 aliphatic carbocycles. The first kappa shape index (κ1) is 15.0. The minimum Gasteiger partial charge on any atom is -0.496 e. The van der Waals surface area contributed by atoms with Crippen LogP contribution >= 0.6 is 11.3 Å². The second-order valence-corrected chi connectivity index (χ2v) is 5.56. The predicted molar refractivity (Wildman–Crippen MR) is 79.9 cm³/mol. The summed E-state index contributed by atoms with van der Waals surface area (Å²) >= 11 is 1.11. The van der Waals surface area contributed by atoms with Gasteiger partial charge < -0.3 is 10.1 Å². The zero-order valence-electron chi connectivity index (χ0n) is 11.6. The SMILES string of the molecule is COc1ccccc1CNC(=O)c1cc([N+](=O)[O-])c(C)s1. The van der Waals surface area contributed by atoms with Gasteiger partial charge in [0.25, 0.3) is 11.6 Å². The molecule has 6 nitrogen and oxygen atoms in total. The standard InChI is InChI=1S/C14H14N2O4S/c1-9-11(16(18)19)7-13(21-9)14(17)15-8-10-5-3-4-6-12(10)20-2/h3-7H,8H2,1-2H3,(H,15,17). The van der Waals surface area contributed by atoms with E-state index in [4.69, 9.17) is 4.74 Å². The number of nitrogens with zero attached hydrogens (tertiary/aromatic N) is 1. The molecule has 21 heavy (non-hydrogen) atoms. The lowest BCUT2D eigenvalue weighted by Gasteiger charge is -2.08. The maximum absolute atomic E-state index is 12.0. The molecule has 0 fully saturated rings. The van der Waals surface area contributed by atoms with Crippen LogP contribution in [0, 0.1) is 17.0 Å². The second kappa shape index (κ2) is 6.36. The molecule has 110 valence electrons. The molecule has 0 saturated heterocycles. The summed E-state index contributed by atoms with van der Waals surface area (Å²) in [5.74, 6) is 0.355. The van der Waals surface area contributed by atoms with Crippen LogP contribution < -0.4 is 10.1 Å². The van der Waals surface area contributed by atoms with Crippen LogP contribution in [0.4, 0.5) is 5.69 Å². The van der Waals surface area contributed by atoms with Crippen molar-refractivity contribution < 1.29 is 14.5 Å². The number of ether oxygens (including phenoxy) is 1. The van der Waals surface area contributed by atoms with Crippen LogP contribution in [0.2, 0.25) is 0 Å². The van der Waals surface area contributed by atoms with Crippen molar-refractivity contribution in [3.63, 3.8) is 0 Å². The van der Waals surface area contributed by atoms with Crippen molar-refractivity contribution in [1.82, 2.24) is 5.32 Å². The van der Waals surface area contributed by atoms with Gasteiger partial charge in [-0.05, 0) is 13.0 Å². The van der Waals surface area contributed by atoms with Crippen LogP contribution in [0.3, 0.4) is 0 Å². The Morgan fingerprint density at radius 3 is 2.76 bits per heavy atom. The average molecular weight is 306 g/mol.